The fourth-order valence-electron chi connectivity index (χ4n) is 3.73. The predicted octanol–water partition coefficient (Wildman–Crippen LogP) is 7.33. The Morgan fingerprint density at radius 2 is 0.500 bits per heavy atom. The van der Waals surface area contributed by atoms with Gasteiger partial charge >= 0.3 is 0 Å². The van der Waals surface area contributed by atoms with E-state index in [1.54, 1.807) is 0 Å². The van der Waals surface area contributed by atoms with Crippen molar-refractivity contribution in [3.05, 3.63) is 109 Å². The summed E-state index contributed by atoms with van der Waals surface area (Å²) < 4.78 is 0. The molecule has 1 aliphatic carbocycles. The minimum atomic E-state index is 1.31. The Morgan fingerprint density at radius 1 is 0.269 bits per heavy atom. The normalized spacial score (nSPS) is 11.1. The molecule has 0 saturated heterocycles. The van der Waals surface area contributed by atoms with Gasteiger partial charge in [0.15, 0.2) is 0 Å². The van der Waals surface area contributed by atoms with Crippen molar-refractivity contribution < 1.29 is 0 Å². The molecule has 122 valence electrons. The van der Waals surface area contributed by atoms with Gasteiger partial charge in [-0.2, -0.15) is 0 Å². The lowest BCUT2D eigenvalue weighted by Crippen LogP contribution is -1.96. The third kappa shape index (κ3) is 2.48. The van der Waals surface area contributed by atoms with E-state index >= 15 is 0 Å². The van der Waals surface area contributed by atoms with Gasteiger partial charge in [0, 0.05) is 0 Å². The zero-order valence-corrected chi connectivity index (χ0v) is 14.4. The second-order valence-electron chi connectivity index (χ2n) is 6.64. The molecule has 0 atom stereocenters. The molecule has 0 aliphatic heterocycles. The minimum absolute atomic E-state index is 1.31. The molecule has 0 saturated carbocycles. The summed E-state index contributed by atoms with van der Waals surface area (Å²) in [6.45, 7) is 0. The summed E-state index contributed by atoms with van der Waals surface area (Å²) in [6, 6.07) is 38.5. The molecule has 0 aromatic heterocycles. The van der Waals surface area contributed by atoms with Gasteiger partial charge in [0.2, 0.25) is 0 Å². The van der Waals surface area contributed by atoms with Gasteiger partial charge in [0.25, 0.3) is 0 Å². The van der Waals surface area contributed by atoms with Gasteiger partial charge in [-0.25, -0.2) is 0 Å². The van der Waals surface area contributed by atoms with Crippen molar-refractivity contribution in [1.29, 1.82) is 0 Å². The first-order valence-corrected chi connectivity index (χ1v) is 8.96. The highest BCUT2D eigenvalue weighted by molar-refractivity contribution is 6.02. The second kappa shape index (κ2) is 6.16. The number of fused-ring (bicyclic) bond motifs is 6. The fourth-order valence-corrected chi connectivity index (χ4v) is 3.73. The van der Waals surface area contributed by atoms with Crippen LogP contribution in [-0.2, 0) is 0 Å². The summed E-state index contributed by atoms with van der Waals surface area (Å²) in [7, 11) is 0. The first-order chi connectivity index (χ1) is 12.9. The van der Waals surface area contributed by atoms with Crippen LogP contribution < -0.4 is 0 Å². The van der Waals surface area contributed by atoms with Crippen molar-refractivity contribution in [3.63, 3.8) is 0 Å². The maximum Gasteiger partial charge on any atom is -0.00990 e. The number of rotatable bonds is 0. The van der Waals surface area contributed by atoms with Crippen LogP contribution in [0.2, 0.25) is 0 Å². The van der Waals surface area contributed by atoms with Crippen LogP contribution in [0.4, 0.5) is 0 Å². The van der Waals surface area contributed by atoms with Crippen molar-refractivity contribution in [1.82, 2.24) is 0 Å². The van der Waals surface area contributed by atoms with Crippen molar-refractivity contribution in [3.8, 4) is 22.3 Å². The van der Waals surface area contributed by atoms with Gasteiger partial charge in [0.05, 0.1) is 0 Å². The quantitative estimate of drug-likeness (QED) is 0.256. The van der Waals surface area contributed by atoms with E-state index in [2.05, 4.69) is 109 Å². The van der Waals surface area contributed by atoms with E-state index in [1.165, 1.54) is 43.8 Å². The largest absolute Gasteiger partial charge is 0.0616 e. The van der Waals surface area contributed by atoms with Crippen LogP contribution in [0.15, 0.2) is 109 Å². The standard InChI is InChI=1S/C14H10.C12H8/c1-2-6-12-10-14-8-4-3-7-13(14)9-11(12)5-1;1-2-6-10-9(5-1)11-7-3-4-8-12(10)11/h1-10H;1-8H. The molecule has 0 radical (unpaired) electrons. The third-order valence-electron chi connectivity index (χ3n) is 5.05. The smallest absolute Gasteiger partial charge is 0.00990 e. The molecule has 0 spiro atoms. The van der Waals surface area contributed by atoms with Gasteiger partial charge in [0.1, 0.15) is 0 Å². The molecule has 0 bridgehead atoms. The molecule has 26 heavy (non-hydrogen) atoms. The molecule has 0 heteroatoms. The zero-order valence-electron chi connectivity index (χ0n) is 14.4. The first kappa shape index (κ1) is 14.9. The lowest BCUT2D eigenvalue weighted by molar-refractivity contribution is 1.52. The summed E-state index contributed by atoms with van der Waals surface area (Å²) in [5.74, 6) is 0. The Bertz CT molecular complexity index is 1030. The molecule has 5 aromatic carbocycles. The average molecular weight is 330 g/mol. The minimum Gasteiger partial charge on any atom is -0.0616 e. The van der Waals surface area contributed by atoms with Gasteiger partial charge in [-0.1, -0.05) is 97.1 Å². The Hall–Kier alpha value is -3.38. The molecule has 1 aliphatic rings. The Morgan fingerprint density at radius 3 is 0.769 bits per heavy atom. The zero-order chi connectivity index (χ0) is 17.3. The molecule has 0 N–H and O–H groups in total. The Kier molecular flexibility index (Phi) is 3.54. The molecular formula is C26H18. The SMILES string of the molecule is c1ccc2c(c1)-c1ccccc1-2.c1ccc2cc3ccccc3cc2c1. The topological polar surface area (TPSA) is 0 Å². The molecule has 0 nitrogen and oxygen atoms in total. The summed E-state index contributed by atoms with van der Waals surface area (Å²) in [5.41, 5.74) is 5.59. The Labute approximate surface area is 153 Å². The van der Waals surface area contributed by atoms with E-state index in [-0.39, 0.29) is 0 Å². The van der Waals surface area contributed by atoms with Crippen LogP contribution in [0.5, 0.6) is 0 Å². The second-order valence-corrected chi connectivity index (χ2v) is 6.64. The molecular weight excluding hydrogens is 312 g/mol. The van der Waals surface area contributed by atoms with E-state index in [9.17, 15) is 0 Å². The van der Waals surface area contributed by atoms with E-state index in [0.717, 1.165) is 0 Å². The molecule has 6 rings (SSSR count). The summed E-state index contributed by atoms with van der Waals surface area (Å²) in [4.78, 5) is 0. The van der Waals surface area contributed by atoms with Crippen LogP contribution in [0.3, 0.4) is 0 Å². The Balaban J connectivity index is 0.000000117. The predicted molar refractivity (Wildman–Crippen MR) is 112 cm³/mol. The van der Waals surface area contributed by atoms with Crippen molar-refractivity contribution in [2.24, 2.45) is 0 Å². The lowest BCUT2D eigenvalue weighted by atomic mass is 9.81. The number of hydrogen-bond acceptors (Lipinski definition) is 0. The lowest BCUT2D eigenvalue weighted by Gasteiger charge is -2.22. The molecule has 0 unspecified atom stereocenters. The maximum atomic E-state index is 2.24. The van der Waals surface area contributed by atoms with Gasteiger partial charge in [-0.05, 0) is 55.9 Å². The van der Waals surface area contributed by atoms with Gasteiger partial charge < -0.3 is 0 Å². The fraction of sp³-hybridized carbons (Fsp3) is 0. The summed E-state index contributed by atoms with van der Waals surface area (Å²) in [6.07, 6.45) is 0. The van der Waals surface area contributed by atoms with Crippen molar-refractivity contribution >= 4 is 21.5 Å². The highest BCUT2D eigenvalue weighted by Crippen LogP contribution is 2.46. The monoisotopic (exact) mass is 330 g/mol. The highest BCUT2D eigenvalue weighted by Gasteiger charge is 2.19. The molecule has 5 aromatic rings. The molecule has 0 fully saturated rings. The maximum absolute atomic E-state index is 2.24. The van der Waals surface area contributed by atoms with Gasteiger partial charge in [-0.15, -0.1) is 0 Å². The summed E-state index contributed by atoms with van der Waals surface area (Å²) >= 11 is 0. The van der Waals surface area contributed by atoms with Crippen molar-refractivity contribution in [2.75, 3.05) is 0 Å². The average Bonchev–Trinajstić information content (AvgIpc) is 2.71. The van der Waals surface area contributed by atoms with Gasteiger partial charge in [-0.3, -0.25) is 0 Å². The van der Waals surface area contributed by atoms with Crippen LogP contribution in [-0.4, -0.2) is 0 Å². The van der Waals surface area contributed by atoms with Crippen LogP contribution in [0.25, 0.3) is 43.8 Å². The summed E-state index contributed by atoms with van der Waals surface area (Å²) in [5, 5.41) is 5.25. The van der Waals surface area contributed by atoms with E-state index in [1.807, 2.05) is 0 Å². The van der Waals surface area contributed by atoms with Crippen LogP contribution in [0, 0.1) is 0 Å². The highest BCUT2D eigenvalue weighted by atomic mass is 14.2. The van der Waals surface area contributed by atoms with E-state index < -0.39 is 0 Å². The van der Waals surface area contributed by atoms with Crippen molar-refractivity contribution in [2.45, 2.75) is 0 Å². The molecule has 0 amide bonds. The van der Waals surface area contributed by atoms with E-state index in [0.29, 0.717) is 0 Å². The third-order valence-corrected chi connectivity index (χ3v) is 5.05. The number of benzene rings is 5. The molecule has 0 heterocycles. The number of hydrogen-bond donors (Lipinski definition) is 0. The van der Waals surface area contributed by atoms with Crippen LogP contribution in [0.1, 0.15) is 0 Å². The van der Waals surface area contributed by atoms with E-state index in [4.69, 9.17) is 0 Å². The first-order valence-electron chi connectivity index (χ1n) is 8.96. The van der Waals surface area contributed by atoms with Crippen LogP contribution >= 0.6 is 0 Å².